The summed E-state index contributed by atoms with van der Waals surface area (Å²) >= 11 is 5.95. The van der Waals surface area contributed by atoms with Gasteiger partial charge in [0, 0.05) is 5.02 Å². The zero-order valence-corrected chi connectivity index (χ0v) is 13.4. The van der Waals surface area contributed by atoms with Crippen molar-refractivity contribution in [2.24, 2.45) is 0 Å². The SMILES string of the molecule is C/C=C/C(=O)Nc1nc2ccc(Cl)cc2nc1NC(=O)/C=C/C. The Morgan fingerprint density at radius 1 is 0.957 bits per heavy atom. The molecule has 0 unspecified atom stereocenters. The molecule has 1 heterocycles. The van der Waals surface area contributed by atoms with Gasteiger partial charge in [-0.15, -0.1) is 0 Å². The molecule has 0 aliphatic rings. The first-order chi connectivity index (χ1) is 11.0. The van der Waals surface area contributed by atoms with Gasteiger partial charge in [0.25, 0.3) is 0 Å². The Balaban J connectivity index is 2.49. The second-order valence-electron chi connectivity index (χ2n) is 4.53. The molecule has 118 valence electrons. The predicted molar refractivity (Wildman–Crippen MR) is 91.4 cm³/mol. The summed E-state index contributed by atoms with van der Waals surface area (Å²) in [5.41, 5.74) is 1.06. The van der Waals surface area contributed by atoms with Crippen LogP contribution in [-0.4, -0.2) is 21.8 Å². The van der Waals surface area contributed by atoms with Gasteiger partial charge >= 0.3 is 0 Å². The molecule has 0 saturated heterocycles. The van der Waals surface area contributed by atoms with Gasteiger partial charge in [0.05, 0.1) is 11.0 Å². The number of nitrogens with zero attached hydrogens (tertiary/aromatic N) is 2. The minimum Gasteiger partial charge on any atom is -0.304 e. The lowest BCUT2D eigenvalue weighted by molar-refractivity contribution is -0.112. The maximum atomic E-state index is 11.8. The molecule has 2 rings (SSSR count). The van der Waals surface area contributed by atoms with Crippen molar-refractivity contribution in [3.63, 3.8) is 0 Å². The lowest BCUT2D eigenvalue weighted by atomic mass is 10.3. The third-order valence-electron chi connectivity index (χ3n) is 2.75. The molecule has 0 saturated carbocycles. The molecule has 0 aliphatic carbocycles. The molecule has 0 fully saturated rings. The summed E-state index contributed by atoms with van der Waals surface area (Å²) in [6, 6.07) is 4.99. The van der Waals surface area contributed by atoms with Gasteiger partial charge in [0.1, 0.15) is 0 Å². The number of allylic oxidation sites excluding steroid dienone is 2. The van der Waals surface area contributed by atoms with E-state index in [1.807, 2.05) is 0 Å². The van der Waals surface area contributed by atoms with Crippen LogP contribution < -0.4 is 10.6 Å². The fourth-order valence-electron chi connectivity index (χ4n) is 1.82. The van der Waals surface area contributed by atoms with Crippen LogP contribution in [0.4, 0.5) is 11.6 Å². The van der Waals surface area contributed by atoms with Crippen LogP contribution in [-0.2, 0) is 9.59 Å². The number of hydrogen-bond donors (Lipinski definition) is 2. The maximum absolute atomic E-state index is 11.8. The van der Waals surface area contributed by atoms with Crippen LogP contribution in [0.25, 0.3) is 11.0 Å². The number of fused-ring (bicyclic) bond motifs is 1. The van der Waals surface area contributed by atoms with E-state index in [1.165, 1.54) is 12.2 Å². The summed E-state index contributed by atoms with van der Waals surface area (Å²) < 4.78 is 0. The second kappa shape index (κ2) is 7.51. The summed E-state index contributed by atoms with van der Waals surface area (Å²) in [4.78, 5) is 32.2. The molecular formula is C16H15ClN4O2. The van der Waals surface area contributed by atoms with Crippen molar-refractivity contribution in [1.29, 1.82) is 0 Å². The number of amides is 2. The number of anilines is 2. The van der Waals surface area contributed by atoms with Gasteiger partial charge in [0.15, 0.2) is 11.6 Å². The first-order valence-electron chi connectivity index (χ1n) is 6.88. The third kappa shape index (κ3) is 4.37. The van der Waals surface area contributed by atoms with E-state index >= 15 is 0 Å². The third-order valence-corrected chi connectivity index (χ3v) is 2.98. The van der Waals surface area contributed by atoms with Crippen LogP contribution in [0.3, 0.4) is 0 Å². The van der Waals surface area contributed by atoms with Gasteiger partial charge < -0.3 is 10.6 Å². The number of carbonyl (C=O) groups is 2. The molecule has 0 atom stereocenters. The number of halogens is 1. The molecule has 1 aromatic heterocycles. The molecular weight excluding hydrogens is 316 g/mol. The van der Waals surface area contributed by atoms with Crippen LogP contribution in [0.15, 0.2) is 42.5 Å². The van der Waals surface area contributed by atoms with Crippen molar-refractivity contribution >= 4 is 46.1 Å². The van der Waals surface area contributed by atoms with Crippen LogP contribution in [0.5, 0.6) is 0 Å². The van der Waals surface area contributed by atoms with Crippen LogP contribution in [0.2, 0.25) is 5.02 Å². The summed E-state index contributed by atoms with van der Waals surface area (Å²) in [6.45, 7) is 3.45. The monoisotopic (exact) mass is 330 g/mol. The highest BCUT2D eigenvalue weighted by atomic mass is 35.5. The fraction of sp³-hybridized carbons (Fsp3) is 0.125. The number of hydrogen-bond acceptors (Lipinski definition) is 4. The van der Waals surface area contributed by atoms with Gasteiger partial charge in [-0.05, 0) is 44.2 Å². The number of aromatic nitrogens is 2. The maximum Gasteiger partial charge on any atom is 0.249 e. The first kappa shape index (κ1) is 16.6. The topological polar surface area (TPSA) is 84.0 Å². The van der Waals surface area contributed by atoms with Crippen LogP contribution in [0.1, 0.15) is 13.8 Å². The molecule has 23 heavy (non-hydrogen) atoms. The number of nitrogens with one attached hydrogen (secondary N) is 2. The normalized spacial score (nSPS) is 11.3. The minimum atomic E-state index is -0.371. The smallest absolute Gasteiger partial charge is 0.249 e. The number of rotatable bonds is 4. The van der Waals surface area contributed by atoms with Crippen molar-refractivity contribution in [3.05, 3.63) is 47.5 Å². The average molecular weight is 331 g/mol. The summed E-state index contributed by atoms with van der Waals surface area (Å²) in [5.74, 6) is -0.414. The molecule has 0 spiro atoms. The van der Waals surface area contributed by atoms with E-state index in [4.69, 9.17) is 11.6 Å². The summed E-state index contributed by atoms with van der Waals surface area (Å²) in [7, 11) is 0. The molecule has 0 bridgehead atoms. The standard InChI is InChI=1S/C16H15ClN4O2/c1-3-5-13(22)20-15-16(21-14(23)6-4-2)19-12-9-10(17)7-8-11(12)18-15/h3-9H,1-2H3,(H,18,20,22)(H,19,21,23)/b5-3+,6-4+. The Morgan fingerprint density at radius 3 is 2.00 bits per heavy atom. The van der Waals surface area contributed by atoms with Gasteiger partial charge in [-0.1, -0.05) is 23.8 Å². The molecule has 1 aromatic carbocycles. The largest absolute Gasteiger partial charge is 0.304 e. The molecule has 7 heteroatoms. The Kier molecular flexibility index (Phi) is 5.43. The minimum absolute atomic E-state index is 0.153. The van der Waals surface area contributed by atoms with Crippen LogP contribution >= 0.6 is 11.6 Å². The van der Waals surface area contributed by atoms with Crippen LogP contribution in [0, 0.1) is 0 Å². The fourth-order valence-corrected chi connectivity index (χ4v) is 1.99. The van der Waals surface area contributed by atoms with E-state index in [-0.39, 0.29) is 23.5 Å². The number of carbonyl (C=O) groups excluding carboxylic acids is 2. The lowest BCUT2D eigenvalue weighted by Crippen LogP contribution is -2.16. The molecule has 2 amide bonds. The highest BCUT2D eigenvalue weighted by Gasteiger charge is 2.13. The molecule has 2 aromatic rings. The Bertz CT molecular complexity index is 815. The van der Waals surface area contributed by atoms with Gasteiger partial charge in [-0.2, -0.15) is 0 Å². The lowest BCUT2D eigenvalue weighted by Gasteiger charge is -2.10. The summed E-state index contributed by atoms with van der Waals surface area (Å²) in [5, 5.41) is 5.69. The van der Waals surface area contributed by atoms with E-state index in [0.717, 1.165) is 0 Å². The first-order valence-corrected chi connectivity index (χ1v) is 7.26. The molecule has 0 radical (unpaired) electrons. The van der Waals surface area contributed by atoms with Gasteiger partial charge in [-0.3, -0.25) is 9.59 Å². The number of benzene rings is 1. The van der Waals surface area contributed by atoms with E-state index < -0.39 is 0 Å². The zero-order valence-electron chi connectivity index (χ0n) is 12.6. The summed E-state index contributed by atoms with van der Waals surface area (Å²) in [6.07, 6.45) is 5.90. The average Bonchev–Trinajstić information content (AvgIpc) is 2.48. The van der Waals surface area contributed by atoms with E-state index in [0.29, 0.717) is 16.1 Å². The van der Waals surface area contributed by atoms with Crippen molar-refractivity contribution in [2.75, 3.05) is 10.6 Å². The van der Waals surface area contributed by atoms with E-state index in [1.54, 1.807) is 44.2 Å². The second-order valence-corrected chi connectivity index (χ2v) is 4.97. The highest BCUT2D eigenvalue weighted by Crippen LogP contribution is 2.23. The van der Waals surface area contributed by atoms with E-state index in [2.05, 4.69) is 20.6 Å². The van der Waals surface area contributed by atoms with Gasteiger partial charge in [-0.25, -0.2) is 9.97 Å². The van der Waals surface area contributed by atoms with E-state index in [9.17, 15) is 9.59 Å². The quantitative estimate of drug-likeness (QED) is 0.842. The highest BCUT2D eigenvalue weighted by molar-refractivity contribution is 6.31. The van der Waals surface area contributed by atoms with Crippen molar-refractivity contribution < 1.29 is 9.59 Å². The predicted octanol–water partition coefficient (Wildman–Crippen LogP) is 3.31. The van der Waals surface area contributed by atoms with Crippen molar-refractivity contribution in [2.45, 2.75) is 13.8 Å². The Hall–Kier alpha value is -2.73. The molecule has 2 N–H and O–H groups in total. The van der Waals surface area contributed by atoms with Gasteiger partial charge in [0.2, 0.25) is 11.8 Å². The molecule has 0 aliphatic heterocycles. The zero-order chi connectivity index (χ0) is 16.8. The molecule has 6 nitrogen and oxygen atoms in total. The Labute approximate surface area is 138 Å². The van der Waals surface area contributed by atoms with Crippen molar-refractivity contribution in [1.82, 2.24) is 9.97 Å². The Morgan fingerprint density at radius 2 is 1.48 bits per heavy atom. The van der Waals surface area contributed by atoms with Crippen molar-refractivity contribution in [3.8, 4) is 0 Å².